The van der Waals surface area contributed by atoms with Crippen LogP contribution in [0.25, 0.3) is 0 Å². The van der Waals surface area contributed by atoms with E-state index in [1.54, 1.807) is 5.82 Å². The number of aromatic nitrogens is 2. The Kier molecular flexibility index (Phi) is 17.2. The summed E-state index contributed by atoms with van der Waals surface area (Å²) in [5.41, 5.74) is 0. The van der Waals surface area contributed by atoms with Crippen molar-refractivity contribution in [2.75, 3.05) is 0 Å². The number of nitrogens with zero attached hydrogens (tertiary/aromatic N) is 2. The molecule has 0 N–H and O–H groups in total. The number of hydrogen-bond donors (Lipinski definition) is 0. The van der Waals surface area contributed by atoms with E-state index in [0.29, 0.717) is 6.04 Å². The second-order valence-corrected chi connectivity index (χ2v) is 9.82. The Balaban J connectivity index is 2.04. The summed E-state index contributed by atoms with van der Waals surface area (Å²) in [4.78, 5) is 0. The first kappa shape index (κ1) is 27.2. The first-order chi connectivity index (χ1) is 14.7. The van der Waals surface area contributed by atoms with Crippen LogP contribution >= 0.6 is 0 Å². The van der Waals surface area contributed by atoms with Crippen LogP contribution in [0.1, 0.15) is 155 Å². The average molecular weight is 420 g/mol. The van der Waals surface area contributed by atoms with E-state index in [0.717, 1.165) is 0 Å². The molecule has 0 saturated heterocycles. The fourth-order valence-electron chi connectivity index (χ4n) is 4.61. The predicted octanol–water partition coefficient (Wildman–Crippen LogP) is 8.96. The Morgan fingerprint density at radius 1 is 0.633 bits per heavy atom. The molecule has 0 aliphatic carbocycles. The Morgan fingerprint density at radius 2 is 1.07 bits per heavy atom. The van der Waals surface area contributed by atoms with E-state index in [1.807, 2.05) is 0 Å². The van der Waals surface area contributed by atoms with Gasteiger partial charge in [0.15, 0.2) is 0 Å². The second-order valence-electron chi connectivity index (χ2n) is 9.82. The summed E-state index contributed by atoms with van der Waals surface area (Å²) >= 11 is 0. The van der Waals surface area contributed by atoms with Crippen LogP contribution in [-0.4, -0.2) is 4.57 Å². The summed E-state index contributed by atoms with van der Waals surface area (Å²) in [6, 6.07) is 0.573. The molecule has 0 unspecified atom stereocenters. The number of unbranched alkanes of at least 4 members (excludes halogenated alkanes) is 16. The maximum absolute atomic E-state index is 2.53. The van der Waals surface area contributed by atoms with E-state index in [9.17, 15) is 0 Å². The molecule has 1 rings (SSSR count). The summed E-state index contributed by atoms with van der Waals surface area (Å²) in [6.45, 7) is 10.4. The maximum Gasteiger partial charge on any atom is 0.256 e. The third-order valence-corrected chi connectivity index (χ3v) is 6.60. The van der Waals surface area contributed by atoms with Crippen molar-refractivity contribution in [3.05, 3.63) is 18.2 Å². The van der Waals surface area contributed by atoms with Gasteiger partial charge in [-0.25, -0.2) is 9.13 Å². The lowest BCUT2D eigenvalue weighted by atomic mass is 10.0. The van der Waals surface area contributed by atoms with Gasteiger partial charge in [-0.3, -0.25) is 0 Å². The highest BCUT2D eigenvalue weighted by Gasteiger charge is 2.18. The molecule has 0 atom stereocenters. The van der Waals surface area contributed by atoms with E-state index in [-0.39, 0.29) is 0 Å². The Bertz CT molecular complexity index is 489. The monoisotopic (exact) mass is 419 g/mol. The zero-order chi connectivity index (χ0) is 21.9. The van der Waals surface area contributed by atoms with Crippen molar-refractivity contribution in [2.45, 2.75) is 162 Å². The van der Waals surface area contributed by atoms with Crippen LogP contribution in [0.15, 0.2) is 12.4 Å². The summed E-state index contributed by atoms with van der Waals surface area (Å²) in [7, 11) is 0. The maximum atomic E-state index is 2.53. The standard InChI is InChI=1S/C28H55N2/c1-5-7-9-10-11-12-13-14-15-16-17-18-19-20-21-23-28-29(24-22-8-6-2)25-26-30(28)27(3)4/h25-27H,5-24H2,1-4H3/q+1. The van der Waals surface area contributed by atoms with Gasteiger partial charge >= 0.3 is 0 Å². The highest BCUT2D eigenvalue weighted by Crippen LogP contribution is 2.15. The molecule has 0 amide bonds. The lowest BCUT2D eigenvalue weighted by Crippen LogP contribution is -2.37. The highest BCUT2D eigenvalue weighted by atomic mass is 15.2. The smallest absolute Gasteiger partial charge is 0.234 e. The van der Waals surface area contributed by atoms with Crippen molar-refractivity contribution in [2.24, 2.45) is 0 Å². The van der Waals surface area contributed by atoms with Crippen LogP contribution in [0.3, 0.4) is 0 Å². The Labute approximate surface area is 189 Å². The Hall–Kier alpha value is -0.790. The molecule has 2 heteroatoms. The lowest BCUT2D eigenvalue weighted by molar-refractivity contribution is -0.704. The normalized spacial score (nSPS) is 11.6. The SMILES string of the molecule is CCCCCCCCCCCCCCCCCc1n(C(C)C)cc[n+]1CCCCC. The van der Waals surface area contributed by atoms with Crippen LogP contribution in [0, 0.1) is 0 Å². The van der Waals surface area contributed by atoms with Gasteiger partial charge in [0.1, 0.15) is 12.4 Å². The first-order valence-electron chi connectivity index (χ1n) is 13.8. The van der Waals surface area contributed by atoms with Gasteiger partial charge in [-0.1, -0.05) is 110 Å². The zero-order valence-electron chi connectivity index (χ0n) is 21.3. The molecule has 176 valence electrons. The summed E-state index contributed by atoms with van der Waals surface area (Å²) in [5, 5.41) is 0. The van der Waals surface area contributed by atoms with E-state index in [2.05, 4.69) is 49.2 Å². The number of imidazole rings is 1. The molecule has 1 heterocycles. The average Bonchev–Trinajstić information content (AvgIpc) is 3.14. The molecule has 0 aliphatic heterocycles. The van der Waals surface area contributed by atoms with Crippen LogP contribution in [0.2, 0.25) is 0 Å². The quantitative estimate of drug-likeness (QED) is 0.139. The molecule has 2 nitrogen and oxygen atoms in total. The second kappa shape index (κ2) is 18.9. The van der Waals surface area contributed by atoms with Crippen molar-refractivity contribution in [3.8, 4) is 0 Å². The molecular weight excluding hydrogens is 364 g/mol. The first-order valence-corrected chi connectivity index (χ1v) is 13.8. The van der Waals surface area contributed by atoms with Gasteiger partial charge in [-0.15, -0.1) is 0 Å². The molecule has 0 fully saturated rings. The van der Waals surface area contributed by atoms with Crippen LogP contribution in [0.5, 0.6) is 0 Å². The Morgan fingerprint density at radius 3 is 1.53 bits per heavy atom. The minimum atomic E-state index is 0.573. The van der Waals surface area contributed by atoms with E-state index >= 15 is 0 Å². The van der Waals surface area contributed by atoms with E-state index in [1.165, 1.54) is 129 Å². The van der Waals surface area contributed by atoms with Crippen LogP contribution in [0.4, 0.5) is 0 Å². The van der Waals surface area contributed by atoms with Gasteiger partial charge in [-0.05, 0) is 33.1 Å². The topological polar surface area (TPSA) is 8.81 Å². The lowest BCUT2D eigenvalue weighted by Gasteiger charge is -2.08. The van der Waals surface area contributed by atoms with Crippen LogP contribution in [-0.2, 0) is 13.0 Å². The van der Waals surface area contributed by atoms with Gasteiger partial charge in [0.2, 0.25) is 0 Å². The third kappa shape index (κ3) is 12.8. The molecule has 0 radical (unpaired) electrons. The molecule has 0 aromatic carbocycles. The molecule has 0 aliphatic rings. The molecule has 1 aromatic rings. The molecule has 0 saturated carbocycles. The zero-order valence-corrected chi connectivity index (χ0v) is 21.3. The number of aryl methyl sites for hydroxylation is 1. The van der Waals surface area contributed by atoms with Crippen molar-refractivity contribution in [1.82, 2.24) is 4.57 Å². The highest BCUT2D eigenvalue weighted by molar-refractivity contribution is 4.86. The van der Waals surface area contributed by atoms with Crippen LogP contribution < -0.4 is 4.57 Å². The van der Waals surface area contributed by atoms with Gasteiger partial charge in [-0.2, -0.15) is 0 Å². The van der Waals surface area contributed by atoms with Gasteiger partial charge < -0.3 is 0 Å². The summed E-state index contributed by atoms with van der Waals surface area (Å²) in [5.74, 6) is 1.55. The number of hydrogen-bond acceptors (Lipinski definition) is 0. The van der Waals surface area contributed by atoms with Crippen molar-refractivity contribution in [3.63, 3.8) is 0 Å². The van der Waals surface area contributed by atoms with Crippen molar-refractivity contribution >= 4 is 0 Å². The van der Waals surface area contributed by atoms with Gasteiger partial charge in [0, 0.05) is 6.42 Å². The van der Waals surface area contributed by atoms with E-state index < -0.39 is 0 Å². The predicted molar refractivity (Wildman–Crippen MR) is 133 cm³/mol. The fraction of sp³-hybridized carbons (Fsp3) is 0.893. The molecule has 30 heavy (non-hydrogen) atoms. The van der Waals surface area contributed by atoms with Crippen molar-refractivity contribution in [1.29, 1.82) is 0 Å². The van der Waals surface area contributed by atoms with E-state index in [4.69, 9.17) is 0 Å². The molecular formula is C28H55N2+. The molecule has 0 bridgehead atoms. The minimum Gasteiger partial charge on any atom is -0.234 e. The summed E-state index contributed by atoms with van der Waals surface area (Å²) < 4.78 is 5.02. The molecule has 1 aromatic heterocycles. The van der Waals surface area contributed by atoms with Gasteiger partial charge in [0.25, 0.3) is 5.82 Å². The third-order valence-electron chi connectivity index (χ3n) is 6.60. The molecule has 0 spiro atoms. The number of rotatable bonds is 21. The van der Waals surface area contributed by atoms with Gasteiger partial charge in [0.05, 0.1) is 12.6 Å². The largest absolute Gasteiger partial charge is 0.256 e. The summed E-state index contributed by atoms with van der Waals surface area (Å²) in [6.07, 6.45) is 31.4. The fourth-order valence-corrected chi connectivity index (χ4v) is 4.61. The van der Waals surface area contributed by atoms with Crippen molar-refractivity contribution < 1.29 is 4.57 Å². The minimum absolute atomic E-state index is 0.573.